The highest BCUT2D eigenvalue weighted by molar-refractivity contribution is 8.00. The number of amides is 1. The first kappa shape index (κ1) is 14.3. The molecule has 1 unspecified atom stereocenters. The largest absolute Gasteiger partial charge is 0.497 e. The summed E-state index contributed by atoms with van der Waals surface area (Å²) < 4.78 is 5.16. The van der Waals surface area contributed by atoms with E-state index >= 15 is 0 Å². The van der Waals surface area contributed by atoms with Gasteiger partial charge >= 0.3 is 0 Å². The van der Waals surface area contributed by atoms with Crippen LogP contribution >= 0.6 is 23.4 Å². The van der Waals surface area contributed by atoms with Crippen molar-refractivity contribution in [3.05, 3.63) is 59.1 Å². The second-order valence-corrected chi connectivity index (χ2v) is 6.18. The standard InChI is InChI=1S/C16H14ClNO2S/c1-20-14-8-6-13(7-9-14)18-15(19)10-21-16(18)11-2-4-12(17)5-3-11/h2-9,16H,10H2,1H3. The Morgan fingerprint density at radius 2 is 1.81 bits per heavy atom. The molecule has 5 heteroatoms. The number of ether oxygens (including phenoxy) is 1. The first-order valence-corrected chi connectivity index (χ1v) is 7.95. The number of anilines is 1. The second-order valence-electron chi connectivity index (χ2n) is 4.68. The maximum atomic E-state index is 12.2. The van der Waals surface area contributed by atoms with Crippen LogP contribution in [0.4, 0.5) is 5.69 Å². The molecule has 3 rings (SSSR count). The van der Waals surface area contributed by atoms with Gasteiger partial charge in [0.1, 0.15) is 11.1 Å². The number of carbonyl (C=O) groups is 1. The van der Waals surface area contributed by atoms with E-state index in [1.807, 2.05) is 53.4 Å². The summed E-state index contributed by atoms with van der Waals surface area (Å²) in [5, 5.41) is 0.687. The smallest absolute Gasteiger partial charge is 0.238 e. The minimum Gasteiger partial charge on any atom is -0.497 e. The SMILES string of the molecule is COc1ccc(N2C(=O)CSC2c2ccc(Cl)cc2)cc1. The monoisotopic (exact) mass is 319 g/mol. The summed E-state index contributed by atoms with van der Waals surface area (Å²) >= 11 is 7.56. The van der Waals surface area contributed by atoms with Crippen LogP contribution in [0, 0.1) is 0 Å². The number of hydrogen-bond acceptors (Lipinski definition) is 3. The average molecular weight is 320 g/mol. The zero-order valence-corrected chi connectivity index (χ0v) is 13.0. The van der Waals surface area contributed by atoms with Gasteiger partial charge in [0.05, 0.1) is 12.9 Å². The third kappa shape index (κ3) is 2.87. The molecule has 0 aromatic heterocycles. The minimum atomic E-state index is -0.0110. The molecular formula is C16H14ClNO2S. The summed E-state index contributed by atoms with van der Waals surface area (Å²) in [6, 6.07) is 15.2. The van der Waals surface area contributed by atoms with Gasteiger partial charge in [-0.2, -0.15) is 0 Å². The van der Waals surface area contributed by atoms with Crippen LogP contribution in [0.25, 0.3) is 0 Å². The first-order valence-electron chi connectivity index (χ1n) is 6.52. The van der Waals surface area contributed by atoms with Gasteiger partial charge in [0.2, 0.25) is 5.91 Å². The lowest BCUT2D eigenvalue weighted by Gasteiger charge is -2.24. The van der Waals surface area contributed by atoms with Gasteiger partial charge < -0.3 is 4.74 Å². The molecule has 1 heterocycles. The third-order valence-electron chi connectivity index (χ3n) is 3.37. The van der Waals surface area contributed by atoms with Crippen LogP contribution in [-0.4, -0.2) is 18.8 Å². The number of hydrogen-bond donors (Lipinski definition) is 0. The Bertz CT molecular complexity index is 642. The van der Waals surface area contributed by atoms with Gasteiger partial charge in [-0.3, -0.25) is 9.69 Å². The summed E-state index contributed by atoms with van der Waals surface area (Å²) in [4.78, 5) is 14.1. The molecule has 21 heavy (non-hydrogen) atoms. The van der Waals surface area contributed by atoms with E-state index < -0.39 is 0 Å². The first-order chi connectivity index (χ1) is 10.2. The van der Waals surface area contributed by atoms with Crippen LogP contribution in [-0.2, 0) is 4.79 Å². The van der Waals surface area contributed by atoms with Crippen molar-refractivity contribution in [2.45, 2.75) is 5.37 Å². The molecule has 1 amide bonds. The van der Waals surface area contributed by atoms with Crippen molar-refractivity contribution >= 4 is 35.0 Å². The molecule has 0 bridgehead atoms. The fourth-order valence-electron chi connectivity index (χ4n) is 2.32. The van der Waals surface area contributed by atoms with Gasteiger partial charge in [0, 0.05) is 10.7 Å². The summed E-state index contributed by atoms with van der Waals surface area (Å²) in [5.74, 6) is 1.38. The quantitative estimate of drug-likeness (QED) is 0.852. The maximum Gasteiger partial charge on any atom is 0.238 e. The van der Waals surface area contributed by atoms with Crippen molar-refractivity contribution in [3.8, 4) is 5.75 Å². The lowest BCUT2D eigenvalue weighted by atomic mass is 10.2. The molecule has 2 aromatic carbocycles. The zero-order chi connectivity index (χ0) is 14.8. The summed E-state index contributed by atoms with van der Waals surface area (Å²) in [6.07, 6.45) is 0. The topological polar surface area (TPSA) is 29.5 Å². The molecule has 0 radical (unpaired) electrons. The van der Waals surface area contributed by atoms with E-state index in [1.165, 1.54) is 0 Å². The molecule has 108 valence electrons. The zero-order valence-electron chi connectivity index (χ0n) is 11.5. The van der Waals surface area contributed by atoms with Gasteiger partial charge in [0.25, 0.3) is 0 Å². The number of nitrogens with zero attached hydrogens (tertiary/aromatic N) is 1. The molecular weight excluding hydrogens is 306 g/mol. The lowest BCUT2D eigenvalue weighted by molar-refractivity contribution is -0.115. The van der Waals surface area contributed by atoms with Crippen LogP contribution in [0.1, 0.15) is 10.9 Å². The molecule has 3 nitrogen and oxygen atoms in total. The van der Waals surface area contributed by atoms with E-state index in [0.29, 0.717) is 10.8 Å². The summed E-state index contributed by atoms with van der Waals surface area (Å²) in [5.41, 5.74) is 1.96. The van der Waals surface area contributed by atoms with E-state index in [1.54, 1.807) is 18.9 Å². The Morgan fingerprint density at radius 1 is 1.14 bits per heavy atom. The molecule has 0 N–H and O–H groups in total. The third-order valence-corrected chi connectivity index (χ3v) is 4.84. The number of thioether (sulfide) groups is 1. The molecule has 1 aliphatic rings. The Morgan fingerprint density at radius 3 is 2.43 bits per heavy atom. The molecule has 1 saturated heterocycles. The van der Waals surface area contributed by atoms with Gasteiger partial charge in [-0.15, -0.1) is 11.8 Å². The summed E-state index contributed by atoms with van der Waals surface area (Å²) in [6.45, 7) is 0. The number of methoxy groups -OCH3 is 1. The lowest BCUT2D eigenvalue weighted by Crippen LogP contribution is -2.27. The Balaban J connectivity index is 1.93. The molecule has 2 aromatic rings. The Hall–Kier alpha value is -1.65. The Kier molecular flexibility index (Phi) is 4.08. The molecule has 0 saturated carbocycles. The van der Waals surface area contributed by atoms with E-state index in [-0.39, 0.29) is 11.3 Å². The normalized spacial score (nSPS) is 18.1. The van der Waals surface area contributed by atoms with Crippen molar-refractivity contribution in [2.75, 3.05) is 17.8 Å². The van der Waals surface area contributed by atoms with Crippen molar-refractivity contribution in [3.63, 3.8) is 0 Å². The van der Waals surface area contributed by atoms with E-state index in [9.17, 15) is 4.79 Å². The fraction of sp³-hybridized carbons (Fsp3) is 0.188. The van der Waals surface area contributed by atoms with Crippen LogP contribution in [0.3, 0.4) is 0 Å². The molecule has 1 aliphatic heterocycles. The molecule has 0 aliphatic carbocycles. The van der Waals surface area contributed by atoms with Crippen molar-refractivity contribution in [2.24, 2.45) is 0 Å². The van der Waals surface area contributed by atoms with Crippen molar-refractivity contribution in [1.29, 1.82) is 0 Å². The fourth-order valence-corrected chi connectivity index (χ4v) is 3.62. The highest BCUT2D eigenvalue weighted by atomic mass is 35.5. The van der Waals surface area contributed by atoms with E-state index in [2.05, 4.69) is 0 Å². The van der Waals surface area contributed by atoms with Gasteiger partial charge in [-0.1, -0.05) is 23.7 Å². The van der Waals surface area contributed by atoms with E-state index in [4.69, 9.17) is 16.3 Å². The maximum absolute atomic E-state index is 12.2. The van der Waals surface area contributed by atoms with Crippen molar-refractivity contribution < 1.29 is 9.53 Å². The number of halogens is 1. The van der Waals surface area contributed by atoms with Gasteiger partial charge in [-0.05, 0) is 42.0 Å². The van der Waals surface area contributed by atoms with Crippen LogP contribution in [0.5, 0.6) is 5.75 Å². The van der Waals surface area contributed by atoms with Crippen LogP contribution in [0.2, 0.25) is 5.02 Å². The number of rotatable bonds is 3. The highest BCUT2D eigenvalue weighted by Crippen LogP contribution is 2.42. The predicted octanol–water partition coefficient (Wildman–Crippen LogP) is 4.13. The highest BCUT2D eigenvalue weighted by Gasteiger charge is 2.33. The second kappa shape index (κ2) is 6.00. The average Bonchev–Trinajstić information content (AvgIpc) is 2.90. The minimum absolute atomic E-state index is 0.0110. The molecule has 1 atom stereocenters. The number of benzene rings is 2. The van der Waals surface area contributed by atoms with Crippen molar-refractivity contribution in [1.82, 2.24) is 0 Å². The predicted molar refractivity (Wildman–Crippen MR) is 87.1 cm³/mol. The van der Waals surface area contributed by atoms with Crippen LogP contribution in [0.15, 0.2) is 48.5 Å². The van der Waals surface area contributed by atoms with Crippen LogP contribution < -0.4 is 9.64 Å². The van der Waals surface area contributed by atoms with E-state index in [0.717, 1.165) is 17.0 Å². The summed E-state index contributed by atoms with van der Waals surface area (Å²) in [7, 11) is 1.63. The number of carbonyl (C=O) groups excluding carboxylic acids is 1. The van der Waals surface area contributed by atoms with Gasteiger partial charge in [-0.25, -0.2) is 0 Å². The van der Waals surface area contributed by atoms with Gasteiger partial charge in [0.15, 0.2) is 0 Å². The Labute approximate surface area is 132 Å². The molecule has 0 spiro atoms. The molecule has 1 fully saturated rings.